The van der Waals surface area contributed by atoms with Gasteiger partial charge in [-0.2, -0.15) is 0 Å². The number of nitrogens with one attached hydrogen (secondary N) is 1. The third kappa shape index (κ3) is 3.08. The summed E-state index contributed by atoms with van der Waals surface area (Å²) in [4.78, 5) is 25.3. The lowest BCUT2D eigenvalue weighted by Gasteiger charge is -2.07. The predicted octanol–water partition coefficient (Wildman–Crippen LogP) is 2.10. The molecule has 108 valence electrons. The molecule has 0 aliphatic heterocycles. The summed E-state index contributed by atoms with van der Waals surface area (Å²) in [6.45, 7) is 0. The molecule has 7 nitrogen and oxygen atoms in total. The lowest BCUT2D eigenvalue weighted by molar-refractivity contribution is -0.385. The first-order valence-corrected chi connectivity index (χ1v) is 5.55. The molecule has 0 fully saturated rings. The Bertz CT molecular complexity index is 736. The maximum Gasteiger partial charge on any atom is 0.288 e. The Balaban J connectivity index is 2.34. The Labute approximate surface area is 116 Å². The molecule has 0 aliphatic rings. The Morgan fingerprint density at radius 1 is 1.33 bits per heavy atom. The zero-order valence-electron chi connectivity index (χ0n) is 10.3. The first kappa shape index (κ1) is 14.3. The van der Waals surface area contributed by atoms with Crippen molar-refractivity contribution in [3.05, 3.63) is 57.8 Å². The number of benzene rings is 1. The van der Waals surface area contributed by atoms with Gasteiger partial charge < -0.3 is 11.1 Å². The van der Waals surface area contributed by atoms with Gasteiger partial charge in [0.2, 0.25) is 0 Å². The van der Waals surface area contributed by atoms with Crippen molar-refractivity contribution in [2.45, 2.75) is 0 Å². The largest absolute Gasteiger partial charge is 0.383 e. The van der Waals surface area contributed by atoms with Crippen molar-refractivity contribution >= 4 is 23.1 Å². The Hall–Kier alpha value is -3.10. The number of aromatic nitrogens is 1. The molecule has 21 heavy (non-hydrogen) atoms. The van der Waals surface area contributed by atoms with Crippen molar-refractivity contribution in [1.82, 2.24) is 4.98 Å². The number of nitrogens with zero attached hydrogens (tertiary/aromatic N) is 2. The average molecular weight is 294 g/mol. The fourth-order valence-corrected chi connectivity index (χ4v) is 1.53. The molecule has 1 heterocycles. The number of nitrogen functional groups attached to an aromatic ring is 1. The van der Waals surface area contributed by atoms with Crippen molar-refractivity contribution in [1.29, 1.82) is 0 Å². The van der Waals surface area contributed by atoms with E-state index in [1.165, 1.54) is 0 Å². The highest BCUT2D eigenvalue weighted by molar-refractivity contribution is 6.07. The fraction of sp³-hybridized carbons (Fsp3) is 0. The standard InChI is InChI=1S/C12H8F2N4O3/c13-6-1-2-9(14)10(3-6)17-12(19)8-4-7(18(20)21)5-16-11(8)15/h1-5H,(H2,15,16)(H,17,19). The number of rotatable bonds is 3. The van der Waals surface area contributed by atoms with Crippen LogP contribution in [0.15, 0.2) is 30.5 Å². The van der Waals surface area contributed by atoms with Gasteiger partial charge in [-0.3, -0.25) is 14.9 Å². The monoisotopic (exact) mass is 294 g/mol. The van der Waals surface area contributed by atoms with Gasteiger partial charge in [-0.05, 0) is 12.1 Å². The van der Waals surface area contributed by atoms with E-state index < -0.39 is 33.8 Å². The molecule has 1 aromatic heterocycles. The molecule has 0 atom stereocenters. The van der Waals surface area contributed by atoms with E-state index in [4.69, 9.17) is 5.73 Å². The summed E-state index contributed by atoms with van der Waals surface area (Å²) < 4.78 is 26.4. The van der Waals surface area contributed by atoms with Crippen LogP contribution in [0.3, 0.4) is 0 Å². The molecule has 0 saturated carbocycles. The van der Waals surface area contributed by atoms with Crippen LogP contribution in [0.1, 0.15) is 10.4 Å². The number of carbonyl (C=O) groups excluding carboxylic acids is 1. The van der Waals surface area contributed by atoms with Gasteiger partial charge in [0.1, 0.15) is 23.6 Å². The van der Waals surface area contributed by atoms with Crippen LogP contribution < -0.4 is 11.1 Å². The highest BCUT2D eigenvalue weighted by Crippen LogP contribution is 2.20. The number of pyridine rings is 1. The second kappa shape index (κ2) is 5.49. The molecule has 0 aliphatic carbocycles. The maximum absolute atomic E-state index is 13.4. The molecule has 2 rings (SSSR count). The lowest BCUT2D eigenvalue weighted by atomic mass is 10.2. The molecule has 3 N–H and O–H groups in total. The van der Waals surface area contributed by atoms with Crippen molar-refractivity contribution in [3.8, 4) is 0 Å². The second-order valence-electron chi connectivity index (χ2n) is 3.96. The summed E-state index contributed by atoms with van der Waals surface area (Å²) in [5.74, 6) is -2.82. The molecular weight excluding hydrogens is 286 g/mol. The van der Waals surface area contributed by atoms with E-state index in [0.717, 1.165) is 30.5 Å². The predicted molar refractivity (Wildman–Crippen MR) is 69.6 cm³/mol. The number of halogens is 2. The highest BCUT2D eigenvalue weighted by atomic mass is 19.1. The zero-order chi connectivity index (χ0) is 15.6. The van der Waals surface area contributed by atoms with Gasteiger partial charge in [-0.1, -0.05) is 0 Å². The van der Waals surface area contributed by atoms with Gasteiger partial charge in [-0.25, -0.2) is 13.8 Å². The van der Waals surface area contributed by atoms with E-state index in [9.17, 15) is 23.7 Å². The van der Waals surface area contributed by atoms with Crippen LogP contribution in [-0.4, -0.2) is 15.8 Å². The van der Waals surface area contributed by atoms with Crippen LogP contribution in [0.25, 0.3) is 0 Å². The minimum atomic E-state index is -0.937. The topological polar surface area (TPSA) is 111 Å². The quantitative estimate of drug-likeness (QED) is 0.665. The molecule has 0 spiro atoms. The minimum absolute atomic E-state index is 0.269. The summed E-state index contributed by atoms with van der Waals surface area (Å²) in [5.41, 5.74) is 4.28. The second-order valence-corrected chi connectivity index (χ2v) is 3.96. The number of hydrogen-bond donors (Lipinski definition) is 2. The summed E-state index contributed by atoms with van der Waals surface area (Å²) in [6, 6.07) is 3.39. The van der Waals surface area contributed by atoms with Crippen molar-refractivity contribution in [2.24, 2.45) is 0 Å². The molecule has 9 heteroatoms. The van der Waals surface area contributed by atoms with Gasteiger partial charge >= 0.3 is 0 Å². The van der Waals surface area contributed by atoms with Crippen LogP contribution in [0.5, 0.6) is 0 Å². The number of nitrogens with two attached hydrogens (primary N) is 1. The van der Waals surface area contributed by atoms with E-state index in [2.05, 4.69) is 10.3 Å². The normalized spacial score (nSPS) is 10.2. The van der Waals surface area contributed by atoms with Crippen LogP contribution in [-0.2, 0) is 0 Å². The third-order valence-electron chi connectivity index (χ3n) is 2.54. The number of carbonyl (C=O) groups is 1. The van der Waals surface area contributed by atoms with Gasteiger partial charge in [0.05, 0.1) is 16.2 Å². The molecule has 0 saturated heterocycles. The van der Waals surface area contributed by atoms with E-state index in [0.29, 0.717) is 0 Å². The van der Waals surface area contributed by atoms with Crippen LogP contribution in [0, 0.1) is 21.7 Å². The fourth-order valence-electron chi connectivity index (χ4n) is 1.53. The van der Waals surface area contributed by atoms with Gasteiger partial charge in [-0.15, -0.1) is 0 Å². The highest BCUT2D eigenvalue weighted by Gasteiger charge is 2.18. The maximum atomic E-state index is 13.4. The molecule has 1 amide bonds. The zero-order valence-corrected chi connectivity index (χ0v) is 10.3. The average Bonchev–Trinajstić information content (AvgIpc) is 2.43. The van der Waals surface area contributed by atoms with Crippen LogP contribution in [0.4, 0.5) is 26.0 Å². The van der Waals surface area contributed by atoms with Crippen molar-refractivity contribution < 1.29 is 18.5 Å². The van der Waals surface area contributed by atoms with Crippen molar-refractivity contribution in [2.75, 3.05) is 11.1 Å². The molecular formula is C12H8F2N4O3. The lowest BCUT2D eigenvalue weighted by Crippen LogP contribution is -2.16. The van der Waals surface area contributed by atoms with E-state index in [-0.39, 0.29) is 11.4 Å². The number of hydrogen-bond acceptors (Lipinski definition) is 5. The van der Waals surface area contributed by atoms with Crippen LogP contribution >= 0.6 is 0 Å². The third-order valence-corrected chi connectivity index (χ3v) is 2.54. The molecule has 1 aromatic carbocycles. The first-order chi connectivity index (χ1) is 9.88. The summed E-state index contributed by atoms with van der Waals surface area (Å²) in [7, 11) is 0. The van der Waals surface area contributed by atoms with Gasteiger partial charge in [0.25, 0.3) is 11.6 Å². The first-order valence-electron chi connectivity index (χ1n) is 5.55. The van der Waals surface area contributed by atoms with E-state index in [1.807, 2.05) is 0 Å². The minimum Gasteiger partial charge on any atom is -0.383 e. The van der Waals surface area contributed by atoms with Crippen LogP contribution in [0.2, 0.25) is 0 Å². The number of amides is 1. The summed E-state index contributed by atoms with van der Waals surface area (Å²) >= 11 is 0. The Morgan fingerprint density at radius 2 is 2.05 bits per heavy atom. The smallest absolute Gasteiger partial charge is 0.288 e. The molecule has 0 radical (unpaired) electrons. The molecule has 0 bridgehead atoms. The summed E-state index contributed by atoms with van der Waals surface area (Å²) in [5, 5.41) is 12.7. The SMILES string of the molecule is Nc1ncc([N+](=O)[O-])cc1C(=O)Nc1cc(F)ccc1F. The van der Waals surface area contributed by atoms with E-state index >= 15 is 0 Å². The number of anilines is 2. The molecule has 0 unspecified atom stereocenters. The number of nitro groups is 1. The van der Waals surface area contributed by atoms with E-state index in [1.54, 1.807) is 0 Å². The van der Waals surface area contributed by atoms with Gasteiger partial charge in [0, 0.05) is 12.1 Å². The Morgan fingerprint density at radius 3 is 2.71 bits per heavy atom. The Kier molecular flexibility index (Phi) is 3.74. The molecule has 2 aromatic rings. The van der Waals surface area contributed by atoms with Crippen molar-refractivity contribution in [3.63, 3.8) is 0 Å². The summed E-state index contributed by atoms with van der Waals surface area (Å²) in [6.07, 6.45) is 0.884. The van der Waals surface area contributed by atoms with Gasteiger partial charge in [0.15, 0.2) is 0 Å².